The minimum absolute atomic E-state index is 0.649. The van der Waals surface area contributed by atoms with Gasteiger partial charge < -0.3 is 0 Å². The van der Waals surface area contributed by atoms with Gasteiger partial charge in [0.25, 0.3) is 0 Å². The molecule has 9 heavy (non-hydrogen) atoms. The lowest BCUT2D eigenvalue weighted by atomic mass is 10.5. The van der Waals surface area contributed by atoms with Gasteiger partial charge in [-0.15, -0.1) is 4.91 Å². The number of thioether (sulfide) groups is 1. The molecule has 0 fully saturated rings. The molecule has 1 heterocycles. The average Bonchev–Trinajstić information content (AvgIpc) is 1.91. The van der Waals surface area contributed by atoms with Crippen LogP contribution in [0.2, 0.25) is 0 Å². The monoisotopic (exact) mass is 145 g/mol. The normalized spacial score (nSPS) is 18.4. The number of hydrogen-bond acceptors (Lipinski definition) is 4. The highest BCUT2D eigenvalue weighted by atomic mass is 32.2. The van der Waals surface area contributed by atoms with Gasteiger partial charge in [-0.2, -0.15) is 0 Å². The first-order valence-electron chi connectivity index (χ1n) is 2.69. The van der Waals surface area contributed by atoms with E-state index < -0.39 is 0 Å². The fourth-order valence-corrected chi connectivity index (χ4v) is 1.32. The maximum Gasteiger partial charge on any atom is 0.179 e. The molecule has 0 aliphatic carbocycles. The molecule has 0 aromatic heterocycles. The molecule has 0 unspecified atom stereocenters. The molecule has 0 atom stereocenters. The van der Waals surface area contributed by atoms with Crippen molar-refractivity contribution in [3.63, 3.8) is 0 Å². The molecular formula is C4H7N3OS. The van der Waals surface area contributed by atoms with E-state index in [0.717, 1.165) is 18.7 Å². The summed E-state index contributed by atoms with van der Waals surface area (Å²) in [6.45, 7) is 0.810. The van der Waals surface area contributed by atoms with E-state index in [1.165, 1.54) is 11.8 Å². The third-order valence-corrected chi connectivity index (χ3v) is 1.92. The van der Waals surface area contributed by atoms with E-state index in [2.05, 4.69) is 15.7 Å². The van der Waals surface area contributed by atoms with Crippen molar-refractivity contribution in [2.24, 2.45) is 10.3 Å². The van der Waals surface area contributed by atoms with Gasteiger partial charge in [-0.25, -0.2) is 5.43 Å². The van der Waals surface area contributed by atoms with Crippen LogP contribution < -0.4 is 5.43 Å². The molecule has 0 amide bonds. The van der Waals surface area contributed by atoms with Crippen molar-refractivity contribution in [2.45, 2.75) is 6.42 Å². The van der Waals surface area contributed by atoms with Crippen LogP contribution in [0, 0.1) is 4.91 Å². The molecular weight excluding hydrogens is 138 g/mol. The van der Waals surface area contributed by atoms with Gasteiger partial charge >= 0.3 is 0 Å². The summed E-state index contributed by atoms with van der Waals surface area (Å²) >= 11 is 1.53. The number of amidine groups is 1. The smallest absolute Gasteiger partial charge is 0.179 e. The third-order valence-electron chi connectivity index (χ3n) is 0.938. The summed E-state index contributed by atoms with van der Waals surface area (Å²) in [5, 5.41) is 3.16. The quantitative estimate of drug-likeness (QED) is 0.437. The second-order valence-electron chi connectivity index (χ2n) is 1.59. The molecule has 50 valence electrons. The van der Waals surface area contributed by atoms with Crippen molar-refractivity contribution in [2.75, 3.05) is 12.3 Å². The molecule has 0 saturated carbocycles. The molecule has 0 bridgehead atoms. The molecule has 1 aliphatic heterocycles. The second-order valence-corrected chi connectivity index (χ2v) is 2.68. The molecule has 0 aromatic carbocycles. The van der Waals surface area contributed by atoms with Crippen LogP contribution in [0.5, 0.6) is 0 Å². The number of aliphatic imine (C=N–C) groups is 1. The third kappa shape index (κ3) is 2.01. The molecule has 5 heteroatoms. The van der Waals surface area contributed by atoms with Crippen molar-refractivity contribution >= 4 is 16.9 Å². The average molecular weight is 145 g/mol. The van der Waals surface area contributed by atoms with E-state index in [4.69, 9.17) is 0 Å². The maximum atomic E-state index is 9.62. The van der Waals surface area contributed by atoms with Crippen LogP contribution in [0.15, 0.2) is 10.3 Å². The van der Waals surface area contributed by atoms with Gasteiger partial charge in [0.15, 0.2) is 5.17 Å². The fourth-order valence-electron chi connectivity index (χ4n) is 0.566. The van der Waals surface area contributed by atoms with Crippen molar-refractivity contribution in [3.05, 3.63) is 4.91 Å². The van der Waals surface area contributed by atoms with Crippen molar-refractivity contribution in [1.29, 1.82) is 0 Å². The van der Waals surface area contributed by atoms with Crippen LogP contribution >= 0.6 is 11.8 Å². The fraction of sp³-hybridized carbons (Fsp3) is 0.750. The Labute approximate surface area is 57.1 Å². The van der Waals surface area contributed by atoms with Gasteiger partial charge in [-0.3, -0.25) is 4.99 Å². The number of nitrogens with one attached hydrogen (secondary N) is 1. The summed E-state index contributed by atoms with van der Waals surface area (Å²) < 4.78 is 0. The van der Waals surface area contributed by atoms with E-state index in [0.29, 0.717) is 5.17 Å². The molecule has 0 saturated heterocycles. The SMILES string of the molecule is O=NNC1=NCCCS1. The van der Waals surface area contributed by atoms with Crippen molar-refractivity contribution in [3.8, 4) is 0 Å². The first-order chi connectivity index (χ1) is 4.43. The minimum atomic E-state index is 0.649. The number of nitrogens with zero attached hydrogens (tertiary/aromatic N) is 2. The summed E-state index contributed by atoms with van der Waals surface area (Å²) in [6, 6.07) is 0. The molecule has 0 spiro atoms. The van der Waals surface area contributed by atoms with Crippen LogP contribution in [-0.2, 0) is 0 Å². The number of hydrogen-bond donors (Lipinski definition) is 1. The summed E-state index contributed by atoms with van der Waals surface area (Å²) in [5.74, 6) is 1.03. The van der Waals surface area contributed by atoms with Crippen LogP contribution in [0.3, 0.4) is 0 Å². The predicted molar refractivity (Wildman–Crippen MR) is 38.3 cm³/mol. The molecule has 0 radical (unpaired) electrons. The van der Waals surface area contributed by atoms with E-state index in [-0.39, 0.29) is 0 Å². The van der Waals surface area contributed by atoms with Gasteiger partial charge in [0.2, 0.25) is 0 Å². The van der Waals surface area contributed by atoms with Crippen LogP contribution in [-0.4, -0.2) is 17.5 Å². The highest BCUT2D eigenvalue weighted by Gasteiger charge is 2.03. The Kier molecular flexibility index (Phi) is 2.50. The standard InChI is InChI=1S/C4H7N3OS/c8-7-6-4-5-2-1-3-9-4/h1-3H2,(H,5,6,8). The molecule has 1 N–H and O–H groups in total. The topological polar surface area (TPSA) is 53.8 Å². The van der Waals surface area contributed by atoms with Crippen LogP contribution in [0.25, 0.3) is 0 Å². The second kappa shape index (κ2) is 3.45. The van der Waals surface area contributed by atoms with E-state index in [1.807, 2.05) is 0 Å². The molecule has 4 nitrogen and oxygen atoms in total. The first kappa shape index (κ1) is 6.54. The summed E-state index contributed by atoms with van der Waals surface area (Å²) in [6.07, 6.45) is 1.09. The van der Waals surface area contributed by atoms with E-state index in [9.17, 15) is 4.91 Å². The van der Waals surface area contributed by atoms with Crippen LogP contribution in [0.1, 0.15) is 6.42 Å². The Bertz CT molecular complexity index is 136. The Morgan fingerprint density at radius 2 is 2.67 bits per heavy atom. The Morgan fingerprint density at radius 1 is 1.78 bits per heavy atom. The van der Waals surface area contributed by atoms with E-state index >= 15 is 0 Å². The zero-order valence-electron chi connectivity index (χ0n) is 4.83. The summed E-state index contributed by atoms with van der Waals surface area (Å²) in [5.41, 5.74) is 2.27. The number of rotatable bonds is 1. The van der Waals surface area contributed by atoms with E-state index in [1.54, 1.807) is 0 Å². The summed E-state index contributed by atoms with van der Waals surface area (Å²) in [4.78, 5) is 13.6. The summed E-state index contributed by atoms with van der Waals surface area (Å²) in [7, 11) is 0. The van der Waals surface area contributed by atoms with Gasteiger partial charge in [0.05, 0.1) is 5.29 Å². The van der Waals surface area contributed by atoms with Gasteiger partial charge in [-0.1, -0.05) is 11.8 Å². The molecule has 1 aliphatic rings. The Hall–Kier alpha value is -0.580. The highest BCUT2D eigenvalue weighted by Crippen LogP contribution is 2.09. The van der Waals surface area contributed by atoms with Crippen molar-refractivity contribution < 1.29 is 0 Å². The predicted octanol–water partition coefficient (Wildman–Crippen LogP) is 0.750. The zero-order valence-corrected chi connectivity index (χ0v) is 5.65. The van der Waals surface area contributed by atoms with Crippen molar-refractivity contribution in [1.82, 2.24) is 5.43 Å². The van der Waals surface area contributed by atoms with Gasteiger partial charge in [0, 0.05) is 12.3 Å². The minimum Gasteiger partial charge on any atom is -0.261 e. The molecule has 1 rings (SSSR count). The zero-order chi connectivity index (χ0) is 6.53. The van der Waals surface area contributed by atoms with Gasteiger partial charge in [0.1, 0.15) is 0 Å². The molecule has 0 aromatic rings. The lowest BCUT2D eigenvalue weighted by Gasteiger charge is -2.06. The number of nitroso groups, excluding NO2 is 1. The Morgan fingerprint density at radius 3 is 3.22 bits per heavy atom. The maximum absolute atomic E-state index is 9.62. The highest BCUT2D eigenvalue weighted by molar-refractivity contribution is 8.13. The first-order valence-corrected chi connectivity index (χ1v) is 3.67. The van der Waals surface area contributed by atoms with Gasteiger partial charge in [-0.05, 0) is 6.42 Å². The lowest BCUT2D eigenvalue weighted by molar-refractivity contribution is 0.910. The van der Waals surface area contributed by atoms with Crippen LogP contribution in [0.4, 0.5) is 0 Å². The lowest BCUT2D eigenvalue weighted by Crippen LogP contribution is -2.17. The largest absolute Gasteiger partial charge is 0.261 e. The Balaban J connectivity index is 2.36.